The molecule has 2 rings (SSSR count). The van der Waals surface area contributed by atoms with Crippen LogP contribution in [0.3, 0.4) is 0 Å². The van der Waals surface area contributed by atoms with Crippen LogP contribution in [0.4, 0.5) is 5.82 Å². The number of hydrogen-bond acceptors (Lipinski definition) is 5. The Kier molecular flexibility index (Phi) is 3.62. The summed E-state index contributed by atoms with van der Waals surface area (Å²) in [6.07, 6.45) is 3.36. The number of anilines is 1. The predicted octanol–water partition coefficient (Wildman–Crippen LogP) is 2.20. The second kappa shape index (κ2) is 5.35. The standard InChI is InChI=1S/C13H15N3O2/c1-14-13-8-15-7-11(16-13)10-6-9(17-2)4-5-12(10)18-3/h4-8H,1-3H3,(H,14,16). The van der Waals surface area contributed by atoms with Gasteiger partial charge in [0.25, 0.3) is 0 Å². The maximum Gasteiger partial charge on any atom is 0.144 e. The van der Waals surface area contributed by atoms with E-state index >= 15 is 0 Å². The molecule has 1 aromatic heterocycles. The fraction of sp³-hybridized carbons (Fsp3) is 0.231. The Balaban J connectivity index is 2.53. The maximum atomic E-state index is 5.33. The lowest BCUT2D eigenvalue weighted by Gasteiger charge is -2.10. The normalized spacial score (nSPS) is 9.94. The number of ether oxygens (including phenoxy) is 2. The van der Waals surface area contributed by atoms with Crippen molar-refractivity contribution in [1.29, 1.82) is 0 Å². The van der Waals surface area contributed by atoms with Crippen molar-refractivity contribution in [2.75, 3.05) is 26.6 Å². The molecule has 0 spiro atoms. The Hall–Kier alpha value is -2.30. The lowest BCUT2D eigenvalue weighted by molar-refractivity contribution is 0.404. The molecule has 0 aliphatic heterocycles. The highest BCUT2D eigenvalue weighted by molar-refractivity contribution is 5.69. The summed E-state index contributed by atoms with van der Waals surface area (Å²) < 4.78 is 10.5. The van der Waals surface area contributed by atoms with E-state index in [1.165, 1.54) is 0 Å². The summed E-state index contributed by atoms with van der Waals surface area (Å²) in [7, 11) is 5.05. The van der Waals surface area contributed by atoms with Crippen molar-refractivity contribution < 1.29 is 9.47 Å². The van der Waals surface area contributed by atoms with Gasteiger partial charge in [0, 0.05) is 12.6 Å². The van der Waals surface area contributed by atoms with E-state index in [9.17, 15) is 0 Å². The molecule has 0 atom stereocenters. The van der Waals surface area contributed by atoms with E-state index in [0.29, 0.717) is 5.82 Å². The molecular formula is C13H15N3O2. The van der Waals surface area contributed by atoms with Gasteiger partial charge in [0.05, 0.1) is 32.3 Å². The fourth-order valence-electron chi connectivity index (χ4n) is 1.63. The molecule has 0 bridgehead atoms. The van der Waals surface area contributed by atoms with Crippen LogP contribution < -0.4 is 14.8 Å². The van der Waals surface area contributed by atoms with Gasteiger partial charge in [0.2, 0.25) is 0 Å². The van der Waals surface area contributed by atoms with Crippen LogP contribution in [-0.4, -0.2) is 31.2 Å². The van der Waals surface area contributed by atoms with Crippen LogP contribution in [0.25, 0.3) is 11.3 Å². The van der Waals surface area contributed by atoms with Crippen LogP contribution in [0, 0.1) is 0 Å². The summed E-state index contributed by atoms with van der Waals surface area (Å²) in [5.74, 6) is 2.19. The molecule has 0 fully saturated rings. The minimum Gasteiger partial charge on any atom is -0.497 e. The third kappa shape index (κ3) is 2.34. The maximum absolute atomic E-state index is 5.33. The number of rotatable bonds is 4. The van der Waals surface area contributed by atoms with Crippen molar-refractivity contribution >= 4 is 5.82 Å². The second-order valence-electron chi connectivity index (χ2n) is 3.61. The molecule has 2 aromatic rings. The molecule has 0 aliphatic rings. The zero-order chi connectivity index (χ0) is 13.0. The minimum absolute atomic E-state index is 0.706. The SMILES string of the molecule is CNc1cncc(-c2cc(OC)ccc2OC)n1. The van der Waals surface area contributed by atoms with E-state index in [-0.39, 0.29) is 0 Å². The molecule has 94 valence electrons. The molecule has 1 aromatic carbocycles. The molecule has 18 heavy (non-hydrogen) atoms. The van der Waals surface area contributed by atoms with E-state index in [2.05, 4.69) is 15.3 Å². The number of methoxy groups -OCH3 is 2. The van der Waals surface area contributed by atoms with Crippen molar-refractivity contribution in [3.8, 4) is 22.8 Å². The van der Waals surface area contributed by atoms with Crippen LogP contribution in [-0.2, 0) is 0 Å². The first-order chi connectivity index (χ1) is 8.78. The lowest BCUT2D eigenvalue weighted by Crippen LogP contribution is -1.97. The quantitative estimate of drug-likeness (QED) is 0.895. The van der Waals surface area contributed by atoms with Gasteiger partial charge in [-0.2, -0.15) is 0 Å². The Morgan fingerprint density at radius 3 is 2.61 bits per heavy atom. The van der Waals surface area contributed by atoms with Crippen molar-refractivity contribution in [3.05, 3.63) is 30.6 Å². The van der Waals surface area contributed by atoms with Crippen molar-refractivity contribution in [2.45, 2.75) is 0 Å². The molecule has 0 saturated carbocycles. The molecule has 5 nitrogen and oxygen atoms in total. The van der Waals surface area contributed by atoms with Gasteiger partial charge in [-0.15, -0.1) is 0 Å². The second-order valence-corrected chi connectivity index (χ2v) is 3.61. The predicted molar refractivity (Wildman–Crippen MR) is 70.1 cm³/mol. The number of benzene rings is 1. The summed E-state index contributed by atoms with van der Waals surface area (Å²) in [6, 6.07) is 5.57. The Morgan fingerprint density at radius 1 is 1.11 bits per heavy atom. The molecule has 1 N–H and O–H groups in total. The van der Waals surface area contributed by atoms with Crippen molar-refractivity contribution in [3.63, 3.8) is 0 Å². The van der Waals surface area contributed by atoms with Gasteiger partial charge >= 0.3 is 0 Å². The Morgan fingerprint density at radius 2 is 1.94 bits per heavy atom. The van der Waals surface area contributed by atoms with Gasteiger partial charge in [-0.05, 0) is 18.2 Å². The molecule has 0 aliphatic carbocycles. The molecule has 0 radical (unpaired) electrons. The van der Waals surface area contributed by atoms with E-state index in [0.717, 1.165) is 22.8 Å². The number of aromatic nitrogens is 2. The fourth-order valence-corrected chi connectivity index (χ4v) is 1.63. The van der Waals surface area contributed by atoms with Crippen LogP contribution in [0.2, 0.25) is 0 Å². The average Bonchev–Trinajstić information content (AvgIpc) is 2.46. The van der Waals surface area contributed by atoms with Gasteiger partial charge < -0.3 is 14.8 Å². The lowest BCUT2D eigenvalue weighted by atomic mass is 10.1. The van der Waals surface area contributed by atoms with Crippen LogP contribution in [0.5, 0.6) is 11.5 Å². The average molecular weight is 245 g/mol. The van der Waals surface area contributed by atoms with E-state index in [1.807, 2.05) is 18.2 Å². The largest absolute Gasteiger partial charge is 0.497 e. The van der Waals surface area contributed by atoms with Gasteiger partial charge in [-0.1, -0.05) is 0 Å². The summed E-state index contributed by atoms with van der Waals surface area (Å²) in [5.41, 5.74) is 1.58. The summed E-state index contributed by atoms with van der Waals surface area (Å²) in [4.78, 5) is 8.58. The van der Waals surface area contributed by atoms with Gasteiger partial charge in [0.1, 0.15) is 17.3 Å². The zero-order valence-corrected chi connectivity index (χ0v) is 10.6. The molecule has 0 amide bonds. The highest BCUT2D eigenvalue weighted by Crippen LogP contribution is 2.32. The first kappa shape index (κ1) is 12.2. The number of nitrogens with zero attached hydrogens (tertiary/aromatic N) is 2. The zero-order valence-electron chi connectivity index (χ0n) is 10.6. The first-order valence-corrected chi connectivity index (χ1v) is 5.50. The topological polar surface area (TPSA) is 56.3 Å². The van der Waals surface area contributed by atoms with E-state index < -0.39 is 0 Å². The monoisotopic (exact) mass is 245 g/mol. The highest BCUT2D eigenvalue weighted by Gasteiger charge is 2.09. The van der Waals surface area contributed by atoms with Gasteiger partial charge in [-0.25, -0.2) is 4.98 Å². The smallest absolute Gasteiger partial charge is 0.144 e. The van der Waals surface area contributed by atoms with Gasteiger partial charge in [-0.3, -0.25) is 4.98 Å². The summed E-state index contributed by atoms with van der Waals surface area (Å²) >= 11 is 0. The van der Waals surface area contributed by atoms with Crippen molar-refractivity contribution in [2.24, 2.45) is 0 Å². The van der Waals surface area contributed by atoms with E-state index in [4.69, 9.17) is 9.47 Å². The van der Waals surface area contributed by atoms with Crippen LogP contribution in [0.15, 0.2) is 30.6 Å². The molecule has 1 heterocycles. The Labute approximate surface area is 106 Å². The Bertz CT molecular complexity index is 544. The van der Waals surface area contributed by atoms with E-state index in [1.54, 1.807) is 33.7 Å². The van der Waals surface area contributed by atoms with Crippen LogP contribution >= 0.6 is 0 Å². The first-order valence-electron chi connectivity index (χ1n) is 5.50. The number of hydrogen-bond donors (Lipinski definition) is 1. The van der Waals surface area contributed by atoms with Crippen molar-refractivity contribution in [1.82, 2.24) is 9.97 Å². The highest BCUT2D eigenvalue weighted by atomic mass is 16.5. The summed E-state index contributed by atoms with van der Waals surface area (Å²) in [6.45, 7) is 0. The molecule has 5 heteroatoms. The van der Waals surface area contributed by atoms with Gasteiger partial charge in [0.15, 0.2) is 0 Å². The third-order valence-electron chi connectivity index (χ3n) is 2.57. The number of nitrogens with one attached hydrogen (secondary N) is 1. The third-order valence-corrected chi connectivity index (χ3v) is 2.57. The molecule has 0 unspecified atom stereocenters. The minimum atomic E-state index is 0.706. The molecule has 0 saturated heterocycles. The van der Waals surface area contributed by atoms with Crippen LogP contribution in [0.1, 0.15) is 0 Å². The molecular weight excluding hydrogens is 230 g/mol. The summed E-state index contributed by atoms with van der Waals surface area (Å²) in [5, 5.41) is 2.96.